The number of amides is 1. The SMILES string of the molecule is Cc1ccc(C)c(CC(=O)NC2(C#N)CCN(C)CC2)c1. The Balaban J connectivity index is 2.04. The number of aryl methyl sites for hydroxylation is 2. The van der Waals surface area contributed by atoms with Gasteiger partial charge >= 0.3 is 0 Å². The molecule has 1 N–H and O–H groups in total. The van der Waals surface area contributed by atoms with Crippen molar-refractivity contribution in [2.45, 2.75) is 38.6 Å². The van der Waals surface area contributed by atoms with E-state index in [1.165, 1.54) is 0 Å². The predicted molar refractivity (Wildman–Crippen MR) is 82.8 cm³/mol. The molecule has 1 aromatic carbocycles. The van der Waals surface area contributed by atoms with Crippen LogP contribution in [0.1, 0.15) is 29.5 Å². The Morgan fingerprint density at radius 2 is 2.05 bits per heavy atom. The van der Waals surface area contributed by atoms with Gasteiger partial charge in [-0.05, 0) is 44.9 Å². The van der Waals surface area contributed by atoms with Crippen LogP contribution in [-0.2, 0) is 11.2 Å². The van der Waals surface area contributed by atoms with E-state index >= 15 is 0 Å². The molecule has 1 amide bonds. The molecule has 21 heavy (non-hydrogen) atoms. The number of carbonyl (C=O) groups excluding carboxylic acids is 1. The van der Waals surface area contributed by atoms with Crippen LogP contribution in [0.3, 0.4) is 0 Å². The van der Waals surface area contributed by atoms with Crippen LogP contribution in [-0.4, -0.2) is 36.5 Å². The van der Waals surface area contributed by atoms with E-state index in [0.717, 1.165) is 29.8 Å². The zero-order valence-electron chi connectivity index (χ0n) is 13.1. The lowest BCUT2D eigenvalue weighted by Gasteiger charge is -2.36. The molecule has 1 saturated heterocycles. The molecule has 0 saturated carbocycles. The van der Waals surface area contributed by atoms with Gasteiger partial charge in [-0.1, -0.05) is 23.8 Å². The highest BCUT2D eigenvalue weighted by Gasteiger charge is 2.35. The molecular formula is C17H23N3O. The molecule has 4 heteroatoms. The maximum atomic E-state index is 12.3. The molecule has 0 atom stereocenters. The molecule has 0 bridgehead atoms. The second-order valence-electron chi connectivity index (χ2n) is 6.15. The first-order valence-corrected chi connectivity index (χ1v) is 7.41. The van der Waals surface area contributed by atoms with E-state index in [1.54, 1.807) is 0 Å². The Hall–Kier alpha value is -1.86. The van der Waals surface area contributed by atoms with Crippen LogP contribution in [0.2, 0.25) is 0 Å². The number of benzene rings is 1. The van der Waals surface area contributed by atoms with Gasteiger partial charge in [0.25, 0.3) is 0 Å². The van der Waals surface area contributed by atoms with Crippen molar-refractivity contribution < 1.29 is 4.79 Å². The number of nitriles is 1. The first-order valence-electron chi connectivity index (χ1n) is 7.41. The minimum absolute atomic E-state index is 0.0604. The normalized spacial score (nSPS) is 18.0. The van der Waals surface area contributed by atoms with E-state index in [2.05, 4.69) is 16.3 Å². The van der Waals surface area contributed by atoms with Gasteiger partial charge in [0.1, 0.15) is 5.54 Å². The largest absolute Gasteiger partial charge is 0.337 e. The topological polar surface area (TPSA) is 56.1 Å². The Morgan fingerprint density at radius 1 is 1.38 bits per heavy atom. The first-order chi connectivity index (χ1) is 9.94. The second kappa shape index (κ2) is 6.28. The highest BCUT2D eigenvalue weighted by Crippen LogP contribution is 2.21. The highest BCUT2D eigenvalue weighted by atomic mass is 16.1. The van der Waals surface area contributed by atoms with Crippen molar-refractivity contribution in [1.82, 2.24) is 10.2 Å². The van der Waals surface area contributed by atoms with E-state index in [0.29, 0.717) is 19.3 Å². The van der Waals surface area contributed by atoms with Crippen LogP contribution >= 0.6 is 0 Å². The summed E-state index contributed by atoms with van der Waals surface area (Å²) in [7, 11) is 2.04. The number of nitrogens with one attached hydrogen (secondary N) is 1. The number of likely N-dealkylation sites (tertiary alicyclic amines) is 1. The number of hydrogen-bond donors (Lipinski definition) is 1. The van der Waals surface area contributed by atoms with Crippen LogP contribution in [0.25, 0.3) is 0 Å². The molecule has 1 fully saturated rings. The lowest BCUT2D eigenvalue weighted by molar-refractivity contribution is -0.122. The van der Waals surface area contributed by atoms with E-state index in [4.69, 9.17) is 0 Å². The average Bonchev–Trinajstić information content (AvgIpc) is 2.46. The van der Waals surface area contributed by atoms with Crippen LogP contribution < -0.4 is 5.32 Å². The molecule has 1 aromatic rings. The summed E-state index contributed by atoms with van der Waals surface area (Å²) in [4.78, 5) is 14.5. The Labute approximate surface area is 126 Å². The standard InChI is InChI=1S/C17H23N3O/c1-13-4-5-14(2)15(10-13)11-16(21)19-17(12-18)6-8-20(3)9-7-17/h4-5,10H,6-9,11H2,1-3H3,(H,19,21). The summed E-state index contributed by atoms with van der Waals surface area (Å²) in [6.45, 7) is 5.72. The van der Waals surface area contributed by atoms with Crippen molar-refractivity contribution in [2.24, 2.45) is 0 Å². The lowest BCUT2D eigenvalue weighted by atomic mass is 9.88. The van der Waals surface area contributed by atoms with E-state index in [1.807, 2.05) is 39.1 Å². The van der Waals surface area contributed by atoms with E-state index in [9.17, 15) is 10.1 Å². The fourth-order valence-electron chi connectivity index (χ4n) is 2.74. The smallest absolute Gasteiger partial charge is 0.225 e. The summed E-state index contributed by atoms with van der Waals surface area (Å²) < 4.78 is 0. The summed E-state index contributed by atoms with van der Waals surface area (Å²) >= 11 is 0. The van der Waals surface area contributed by atoms with Gasteiger partial charge in [0.2, 0.25) is 5.91 Å². The van der Waals surface area contributed by atoms with Crippen LogP contribution in [0.5, 0.6) is 0 Å². The monoisotopic (exact) mass is 285 g/mol. The van der Waals surface area contributed by atoms with Gasteiger partial charge in [-0.25, -0.2) is 0 Å². The summed E-state index contributed by atoms with van der Waals surface area (Å²) in [6.07, 6.45) is 1.73. The summed E-state index contributed by atoms with van der Waals surface area (Å²) in [5.41, 5.74) is 2.61. The van der Waals surface area contributed by atoms with Gasteiger partial charge in [-0.15, -0.1) is 0 Å². The van der Waals surface area contributed by atoms with Gasteiger partial charge in [0.15, 0.2) is 0 Å². The molecule has 1 aliphatic rings. The quantitative estimate of drug-likeness (QED) is 0.923. The van der Waals surface area contributed by atoms with Crippen molar-refractivity contribution in [3.63, 3.8) is 0 Å². The third kappa shape index (κ3) is 3.83. The van der Waals surface area contributed by atoms with Crippen molar-refractivity contribution >= 4 is 5.91 Å². The maximum absolute atomic E-state index is 12.3. The summed E-state index contributed by atoms with van der Waals surface area (Å²) in [6, 6.07) is 8.45. The van der Waals surface area contributed by atoms with E-state index < -0.39 is 5.54 Å². The van der Waals surface area contributed by atoms with Gasteiger partial charge in [-0.3, -0.25) is 4.79 Å². The molecule has 2 rings (SSSR count). The molecule has 0 aliphatic carbocycles. The lowest BCUT2D eigenvalue weighted by Crippen LogP contribution is -2.54. The molecule has 1 heterocycles. The average molecular weight is 285 g/mol. The van der Waals surface area contributed by atoms with Crippen LogP contribution in [0.15, 0.2) is 18.2 Å². The number of hydrogen-bond acceptors (Lipinski definition) is 3. The minimum Gasteiger partial charge on any atom is -0.337 e. The molecule has 0 aromatic heterocycles. The van der Waals surface area contributed by atoms with Gasteiger partial charge in [0.05, 0.1) is 12.5 Å². The molecule has 4 nitrogen and oxygen atoms in total. The van der Waals surface area contributed by atoms with Crippen molar-refractivity contribution in [2.75, 3.05) is 20.1 Å². The van der Waals surface area contributed by atoms with Crippen molar-refractivity contribution in [3.8, 4) is 6.07 Å². The number of rotatable bonds is 3. The predicted octanol–water partition coefficient (Wildman–Crippen LogP) is 1.95. The fourth-order valence-corrected chi connectivity index (χ4v) is 2.74. The number of carbonyl (C=O) groups is 1. The summed E-state index contributed by atoms with van der Waals surface area (Å²) in [5.74, 6) is -0.0604. The molecular weight excluding hydrogens is 262 g/mol. The minimum atomic E-state index is -0.693. The highest BCUT2D eigenvalue weighted by molar-refractivity contribution is 5.80. The summed E-state index contributed by atoms with van der Waals surface area (Å²) in [5, 5.41) is 12.4. The molecule has 1 aliphatic heterocycles. The number of nitrogens with zero attached hydrogens (tertiary/aromatic N) is 2. The van der Waals surface area contributed by atoms with Crippen LogP contribution in [0.4, 0.5) is 0 Å². The molecule has 0 unspecified atom stereocenters. The Bertz CT molecular complexity index is 566. The number of piperidine rings is 1. The Morgan fingerprint density at radius 3 is 2.67 bits per heavy atom. The second-order valence-corrected chi connectivity index (χ2v) is 6.15. The van der Waals surface area contributed by atoms with Gasteiger partial charge in [0, 0.05) is 13.1 Å². The van der Waals surface area contributed by atoms with Gasteiger partial charge < -0.3 is 10.2 Å². The van der Waals surface area contributed by atoms with Gasteiger partial charge in [-0.2, -0.15) is 5.26 Å². The maximum Gasteiger partial charge on any atom is 0.225 e. The fraction of sp³-hybridized carbons (Fsp3) is 0.529. The molecule has 112 valence electrons. The zero-order valence-corrected chi connectivity index (χ0v) is 13.1. The third-order valence-electron chi connectivity index (χ3n) is 4.29. The van der Waals surface area contributed by atoms with Crippen molar-refractivity contribution in [1.29, 1.82) is 5.26 Å². The van der Waals surface area contributed by atoms with Crippen LogP contribution in [0, 0.1) is 25.2 Å². The Kier molecular flexibility index (Phi) is 4.64. The van der Waals surface area contributed by atoms with E-state index in [-0.39, 0.29) is 5.91 Å². The molecule has 0 radical (unpaired) electrons. The third-order valence-corrected chi connectivity index (χ3v) is 4.29. The first kappa shape index (κ1) is 15.5. The molecule has 0 spiro atoms. The zero-order chi connectivity index (χ0) is 15.5. The van der Waals surface area contributed by atoms with Crippen molar-refractivity contribution in [3.05, 3.63) is 34.9 Å².